The van der Waals surface area contributed by atoms with Gasteiger partial charge < -0.3 is 0 Å². The zero-order valence-electron chi connectivity index (χ0n) is 9.36. The summed E-state index contributed by atoms with van der Waals surface area (Å²) in [7, 11) is 0. The fourth-order valence-corrected chi connectivity index (χ4v) is 2.00. The Morgan fingerprint density at radius 1 is 1.47 bits per heavy atom. The quantitative estimate of drug-likeness (QED) is 0.521. The molecule has 2 heteroatoms. The fourth-order valence-electron chi connectivity index (χ4n) is 1.44. The molecule has 0 heterocycles. The van der Waals surface area contributed by atoms with Gasteiger partial charge in [-0.3, -0.25) is 4.99 Å². The third-order valence-electron chi connectivity index (χ3n) is 2.04. The van der Waals surface area contributed by atoms with Crippen LogP contribution in [0.3, 0.4) is 0 Å². The Bertz CT molecular complexity index is 356. The first-order valence-electron chi connectivity index (χ1n) is 5.21. The van der Waals surface area contributed by atoms with Gasteiger partial charge in [0.15, 0.2) is 0 Å². The summed E-state index contributed by atoms with van der Waals surface area (Å²) in [5.74, 6) is 0. The largest absolute Gasteiger partial charge is 0.260 e. The topological polar surface area (TPSA) is 12.4 Å². The number of rotatable bonds is 5. The third kappa shape index (κ3) is 3.56. The minimum absolute atomic E-state index is 1.05. The number of thioether (sulfide) groups is 1. The zero-order valence-corrected chi connectivity index (χ0v) is 10.2. The highest BCUT2D eigenvalue weighted by Crippen LogP contribution is 2.31. The van der Waals surface area contributed by atoms with E-state index in [0.29, 0.717) is 0 Å². The lowest BCUT2D eigenvalue weighted by Crippen LogP contribution is -1.83. The van der Waals surface area contributed by atoms with Gasteiger partial charge in [0.25, 0.3) is 0 Å². The van der Waals surface area contributed by atoms with Crippen LogP contribution in [0.25, 0.3) is 0 Å². The van der Waals surface area contributed by atoms with Crippen molar-refractivity contribution in [2.45, 2.75) is 31.6 Å². The van der Waals surface area contributed by atoms with Crippen molar-refractivity contribution >= 4 is 23.7 Å². The van der Waals surface area contributed by atoms with Crippen molar-refractivity contribution in [3.63, 3.8) is 0 Å². The smallest absolute Gasteiger partial charge is 0.0767 e. The van der Waals surface area contributed by atoms with Gasteiger partial charge in [0.1, 0.15) is 0 Å². The summed E-state index contributed by atoms with van der Waals surface area (Å²) in [6.45, 7) is 7.86. The van der Waals surface area contributed by atoms with Crippen molar-refractivity contribution in [2.75, 3.05) is 0 Å². The summed E-state index contributed by atoms with van der Waals surface area (Å²) in [5, 5.41) is 1.84. The van der Waals surface area contributed by atoms with E-state index in [1.807, 2.05) is 18.5 Å². The second-order valence-electron chi connectivity index (χ2n) is 3.22. The number of hydrogen-bond donors (Lipinski definition) is 0. The molecule has 1 aromatic carbocycles. The van der Waals surface area contributed by atoms with Gasteiger partial charge in [0.05, 0.1) is 5.69 Å². The van der Waals surface area contributed by atoms with E-state index in [9.17, 15) is 0 Å². The molecule has 1 aromatic rings. The SMILES string of the molecule is C=CSc1ccc(CCC)cc1/N=C/C. The molecule has 0 aliphatic rings. The molecule has 0 saturated carbocycles. The van der Waals surface area contributed by atoms with Crippen molar-refractivity contribution < 1.29 is 0 Å². The highest BCUT2D eigenvalue weighted by molar-refractivity contribution is 8.02. The van der Waals surface area contributed by atoms with Crippen LogP contribution in [0.2, 0.25) is 0 Å². The van der Waals surface area contributed by atoms with E-state index in [-0.39, 0.29) is 0 Å². The first-order chi connectivity index (χ1) is 7.31. The molecular formula is C13H17NS. The second kappa shape index (κ2) is 6.46. The first-order valence-corrected chi connectivity index (χ1v) is 6.09. The van der Waals surface area contributed by atoms with E-state index < -0.39 is 0 Å². The van der Waals surface area contributed by atoms with Crippen LogP contribution in [0.4, 0.5) is 5.69 Å². The summed E-state index contributed by atoms with van der Waals surface area (Å²) in [6, 6.07) is 6.46. The molecule has 1 nitrogen and oxygen atoms in total. The van der Waals surface area contributed by atoms with Crippen LogP contribution in [-0.4, -0.2) is 6.21 Å². The maximum Gasteiger partial charge on any atom is 0.0767 e. The monoisotopic (exact) mass is 219 g/mol. The van der Waals surface area contributed by atoms with Crippen molar-refractivity contribution in [2.24, 2.45) is 4.99 Å². The predicted octanol–water partition coefficient (Wildman–Crippen LogP) is 4.60. The molecule has 0 bridgehead atoms. The highest BCUT2D eigenvalue weighted by Gasteiger charge is 2.01. The van der Waals surface area contributed by atoms with Crippen LogP contribution in [-0.2, 0) is 6.42 Å². The van der Waals surface area contributed by atoms with Crippen LogP contribution < -0.4 is 0 Å². The van der Waals surface area contributed by atoms with Crippen molar-refractivity contribution in [1.29, 1.82) is 0 Å². The molecule has 0 saturated heterocycles. The van der Waals surface area contributed by atoms with E-state index >= 15 is 0 Å². The summed E-state index contributed by atoms with van der Waals surface area (Å²) < 4.78 is 0. The Morgan fingerprint density at radius 3 is 2.87 bits per heavy atom. The summed E-state index contributed by atoms with van der Waals surface area (Å²) in [5.41, 5.74) is 2.40. The highest BCUT2D eigenvalue weighted by atomic mass is 32.2. The molecule has 80 valence electrons. The number of aryl methyl sites for hydroxylation is 1. The summed E-state index contributed by atoms with van der Waals surface area (Å²) in [6.07, 6.45) is 4.12. The van der Waals surface area contributed by atoms with E-state index in [2.05, 4.69) is 36.7 Å². The molecule has 0 spiro atoms. The minimum atomic E-state index is 1.05. The molecule has 0 fully saturated rings. The van der Waals surface area contributed by atoms with Crippen molar-refractivity contribution in [3.05, 3.63) is 35.7 Å². The Labute approximate surface area is 96.3 Å². The molecule has 0 aliphatic heterocycles. The molecule has 0 atom stereocenters. The molecule has 0 radical (unpaired) electrons. The molecule has 0 amide bonds. The van der Waals surface area contributed by atoms with Crippen LogP contribution >= 0.6 is 11.8 Å². The summed E-state index contributed by atoms with van der Waals surface area (Å²) in [4.78, 5) is 5.54. The lowest BCUT2D eigenvalue weighted by molar-refractivity contribution is 0.920. The van der Waals surface area contributed by atoms with Gasteiger partial charge in [-0.1, -0.05) is 37.8 Å². The Morgan fingerprint density at radius 2 is 2.27 bits per heavy atom. The minimum Gasteiger partial charge on any atom is -0.260 e. The second-order valence-corrected chi connectivity index (χ2v) is 4.23. The number of benzene rings is 1. The summed E-state index contributed by atoms with van der Waals surface area (Å²) >= 11 is 1.62. The van der Waals surface area contributed by atoms with Crippen LogP contribution in [0.5, 0.6) is 0 Å². The lowest BCUT2D eigenvalue weighted by atomic mass is 10.1. The van der Waals surface area contributed by atoms with E-state index in [1.54, 1.807) is 11.8 Å². The maximum atomic E-state index is 4.37. The Kier molecular flexibility index (Phi) is 5.19. The predicted molar refractivity (Wildman–Crippen MR) is 70.3 cm³/mol. The molecule has 0 aliphatic carbocycles. The van der Waals surface area contributed by atoms with Gasteiger partial charge in [-0.2, -0.15) is 0 Å². The molecule has 0 N–H and O–H groups in total. The molecular weight excluding hydrogens is 202 g/mol. The zero-order chi connectivity index (χ0) is 11.1. The van der Waals surface area contributed by atoms with Gasteiger partial charge in [-0.25, -0.2) is 0 Å². The third-order valence-corrected chi connectivity index (χ3v) is 2.81. The van der Waals surface area contributed by atoms with Gasteiger partial charge >= 0.3 is 0 Å². The first kappa shape index (κ1) is 12.1. The maximum absolute atomic E-state index is 4.37. The molecule has 0 unspecified atom stereocenters. The van der Waals surface area contributed by atoms with E-state index in [0.717, 1.165) is 12.1 Å². The van der Waals surface area contributed by atoms with Gasteiger partial charge in [0, 0.05) is 11.1 Å². The van der Waals surface area contributed by atoms with E-state index in [1.165, 1.54) is 16.9 Å². The molecule has 0 aromatic heterocycles. The molecule has 1 rings (SSSR count). The Balaban J connectivity index is 3.02. The number of nitrogens with zero attached hydrogens (tertiary/aromatic N) is 1. The average molecular weight is 219 g/mol. The van der Waals surface area contributed by atoms with Crippen molar-refractivity contribution in [1.82, 2.24) is 0 Å². The standard InChI is InChI=1S/C13H17NS/c1-4-7-11-8-9-13(15-6-3)12(10-11)14-5-2/h5-6,8-10H,3-4,7H2,1-2H3/b14-5+. The Hall–Kier alpha value is -1.02. The van der Waals surface area contributed by atoms with Crippen LogP contribution in [0.1, 0.15) is 25.8 Å². The number of aliphatic imine (C=N–C) groups is 1. The van der Waals surface area contributed by atoms with Gasteiger partial charge in [-0.05, 0) is 36.4 Å². The normalized spacial score (nSPS) is 10.8. The van der Waals surface area contributed by atoms with Gasteiger partial charge in [-0.15, -0.1) is 0 Å². The van der Waals surface area contributed by atoms with Crippen LogP contribution in [0.15, 0.2) is 40.1 Å². The average Bonchev–Trinajstić information content (AvgIpc) is 2.23. The lowest BCUT2D eigenvalue weighted by Gasteiger charge is -2.05. The molecule has 15 heavy (non-hydrogen) atoms. The van der Waals surface area contributed by atoms with Crippen molar-refractivity contribution in [3.8, 4) is 0 Å². The number of hydrogen-bond acceptors (Lipinski definition) is 2. The fraction of sp³-hybridized carbons (Fsp3) is 0.308. The van der Waals surface area contributed by atoms with E-state index in [4.69, 9.17) is 0 Å². The van der Waals surface area contributed by atoms with Crippen LogP contribution in [0, 0.1) is 0 Å². The van der Waals surface area contributed by atoms with Gasteiger partial charge in [0.2, 0.25) is 0 Å².